The molecule has 0 fully saturated rings. The van der Waals surface area contributed by atoms with Crippen molar-refractivity contribution in [1.29, 1.82) is 0 Å². The van der Waals surface area contributed by atoms with Crippen LogP contribution in [0.5, 0.6) is 0 Å². The number of benzene rings is 1. The Kier molecular flexibility index (Phi) is 7.38. The van der Waals surface area contributed by atoms with Gasteiger partial charge in [0.25, 0.3) is 5.91 Å². The summed E-state index contributed by atoms with van der Waals surface area (Å²) < 4.78 is 5.95. The van der Waals surface area contributed by atoms with Crippen molar-refractivity contribution in [3.05, 3.63) is 28.2 Å². The first kappa shape index (κ1) is 16.4. The molecule has 1 aromatic carbocycles. The number of methoxy groups -OCH3 is 1. The van der Waals surface area contributed by atoms with Crippen LogP contribution < -0.4 is 11.1 Å². The lowest BCUT2D eigenvalue weighted by Gasteiger charge is -2.13. The van der Waals surface area contributed by atoms with Gasteiger partial charge in [0.15, 0.2) is 0 Å². The van der Waals surface area contributed by atoms with Crippen molar-refractivity contribution in [3.63, 3.8) is 0 Å². The molecule has 0 spiro atoms. The fourth-order valence-corrected chi connectivity index (χ4v) is 1.50. The molecule has 1 unspecified atom stereocenters. The molecule has 1 amide bonds. The van der Waals surface area contributed by atoms with Crippen LogP contribution in [0.1, 0.15) is 5.56 Å². The quantitative estimate of drug-likeness (QED) is 0.892. The van der Waals surface area contributed by atoms with Gasteiger partial charge in [0.05, 0.1) is 0 Å². The zero-order valence-electron chi connectivity index (χ0n) is 9.70. The van der Waals surface area contributed by atoms with Crippen LogP contribution >= 0.6 is 28.3 Å². The maximum Gasteiger partial charge on any atom is 0.254 e. The Balaban J connectivity index is 0.00000256. The van der Waals surface area contributed by atoms with Gasteiger partial charge in [-0.25, -0.2) is 0 Å². The van der Waals surface area contributed by atoms with Gasteiger partial charge in [0, 0.05) is 23.8 Å². The van der Waals surface area contributed by atoms with E-state index >= 15 is 0 Å². The molecule has 1 atom stereocenters. The van der Waals surface area contributed by atoms with E-state index in [1.165, 1.54) is 7.11 Å². The maximum atomic E-state index is 11.6. The summed E-state index contributed by atoms with van der Waals surface area (Å²) in [5.41, 5.74) is 7.19. The first-order valence-electron chi connectivity index (χ1n) is 4.88. The van der Waals surface area contributed by atoms with Gasteiger partial charge in [-0.2, -0.15) is 0 Å². The monoisotopic (exact) mass is 322 g/mol. The highest BCUT2D eigenvalue weighted by Crippen LogP contribution is 2.20. The molecule has 0 saturated heterocycles. The summed E-state index contributed by atoms with van der Waals surface area (Å²) in [5.74, 6) is -0.230. The van der Waals surface area contributed by atoms with Gasteiger partial charge in [-0.05, 0) is 30.7 Å². The number of hydrogen-bond donors (Lipinski definition) is 2. The van der Waals surface area contributed by atoms with Gasteiger partial charge in [-0.1, -0.05) is 15.9 Å². The van der Waals surface area contributed by atoms with Crippen LogP contribution in [0.3, 0.4) is 0 Å². The lowest BCUT2D eigenvalue weighted by Crippen LogP contribution is -2.35. The Bertz CT molecular complexity index is 384. The maximum absolute atomic E-state index is 11.6. The molecule has 0 aliphatic heterocycles. The summed E-state index contributed by atoms with van der Waals surface area (Å²) in [7, 11) is 1.46. The Hall–Kier alpha value is -0.620. The average Bonchev–Trinajstić information content (AvgIpc) is 2.25. The standard InChI is InChI=1S/C11H15BrN2O2.ClH/c1-7-5-8(3-4-9(7)12)14-11(15)10(6-13)16-2;/h3-5,10H,6,13H2,1-2H3,(H,14,15);1H. The molecule has 6 heteroatoms. The van der Waals surface area contributed by atoms with Crippen LogP contribution in [0.2, 0.25) is 0 Å². The van der Waals surface area contributed by atoms with Crippen molar-refractivity contribution in [3.8, 4) is 0 Å². The summed E-state index contributed by atoms with van der Waals surface area (Å²) in [6.45, 7) is 2.12. The number of nitrogens with one attached hydrogen (secondary N) is 1. The van der Waals surface area contributed by atoms with Crippen molar-refractivity contribution < 1.29 is 9.53 Å². The first-order valence-corrected chi connectivity index (χ1v) is 5.67. The largest absolute Gasteiger partial charge is 0.370 e. The van der Waals surface area contributed by atoms with Gasteiger partial charge in [0.2, 0.25) is 0 Å². The van der Waals surface area contributed by atoms with E-state index in [2.05, 4.69) is 21.2 Å². The minimum absolute atomic E-state index is 0. The van der Waals surface area contributed by atoms with Crippen LogP contribution in [0, 0.1) is 6.92 Å². The number of hydrogen-bond acceptors (Lipinski definition) is 3. The molecular formula is C11H16BrClN2O2. The third-order valence-corrected chi connectivity index (χ3v) is 3.11. The van der Waals surface area contributed by atoms with E-state index < -0.39 is 6.10 Å². The van der Waals surface area contributed by atoms with Crippen molar-refractivity contribution in [1.82, 2.24) is 0 Å². The molecule has 0 radical (unpaired) electrons. The minimum atomic E-state index is -0.607. The van der Waals surface area contributed by atoms with Gasteiger partial charge in [-0.3, -0.25) is 4.79 Å². The molecule has 96 valence electrons. The van der Waals surface area contributed by atoms with Crippen LogP contribution in [0.4, 0.5) is 5.69 Å². The predicted molar refractivity (Wildman–Crippen MR) is 74.6 cm³/mol. The number of carbonyl (C=O) groups excluding carboxylic acids is 1. The number of anilines is 1. The molecule has 3 N–H and O–H groups in total. The number of carbonyl (C=O) groups is 1. The topological polar surface area (TPSA) is 64.3 Å². The van der Waals surface area contributed by atoms with Crippen LogP contribution in [-0.4, -0.2) is 25.7 Å². The average molecular weight is 324 g/mol. The molecule has 0 aliphatic carbocycles. The fraction of sp³-hybridized carbons (Fsp3) is 0.364. The Morgan fingerprint density at radius 1 is 1.59 bits per heavy atom. The predicted octanol–water partition coefficient (Wildman–Crippen LogP) is 2.09. The van der Waals surface area contributed by atoms with E-state index in [4.69, 9.17) is 10.5 Å². The molecule has 0 aromatic heterocycles. The second-order valence-electron chi connectivity index (χ2n) is 3.41. The van der Waals surface area contributed by atoms with Crippen LogP contribution in [0.15, 0.2) is 22.7 Å². The van der Waals surface area contributed by atoms with Gasteiger partial charge in [0.1, 0.15) is 6.10 Å². The van der Waals surface area contributed by atoms with Crippen molar-refractivity contribution in [2.75, 3.05) is 19.0 Å². The highest BCUT2D eigenvalue weighted by Gasteiger charge is 2.15. The summed E-state index contributed by atoms with van der Waals surface area (Å²) >= 11 is 3.39. The number of nitrogens with two attached hydrogens (primary N) is 1. The van der Waals surface area contributed by atoms with E-state index in [1.54, 1.807) is 0 Å². The summed E-state index contributed by atoms with van der Waals surface area (Å²) in [4.78, 5) is 11.6. The SMILES string of the molecule is COC(CN)C(=O)Nc1ccc(Br)c(C)c1.Cl. The second-order valence-corrected chi connectivity index (χ2v) is 4.27. The molecule has 1 aromatic rings. The number of rotatable bonds is 4. The Morgan fingerprint density at radius 2 is 2.24 bits per heavy atom. The van der Waals surface area contributed by atoms with Crippen molar-refractivity contribution in [2.45, 2.75) is 13.0 Å². The van der Waals surface area contributed by atoms with Gasteiger partial charge in [-0.15, -0.1) is 12.4 Å². The lowest BCUT2D eigenvalue weighted by atomic mass is 10.2. The summed E-state index contributed by atoms with van der Waals surface area (Å²) in [5, 5.41) is 2.75. The highest BCUT2D eigenvalue weighted by molar-refractivity contribution is 9.10. The number of amides is 1. The molecule has 0 saturated carbocycles. The van der Waals surface area contributed by atoms with Gasteiger partial charge < -0.3 is 15.8 Å². The molecule has 0 aliphatic rings. The molecule has 0 heterocycles. The van der Waals surface area contributed by atoms with E-state index in [-0.39, 0.29) is 24.9 Å². The normalized spacial score (nSPS) is 11.5. The highest BCUT2D eigenvalue weighted by atomic mass is 79.9. The number of halogens is 2. The van der Waals surface area contributed by atoms with E-state index in [1.807, 2.05) is 25.1 Å². The Labute approximate surface area is 115 Å². The lowest BCUT2D eigenvalue weighted by molar-refractivity contribution is -0.125. The zero-order valence-corrected chi connectivity index (χ0v) is 12.1. The number of aryl methyl sites for hydroxylation is 1. The molecule has 1 rings (SSSR count). The minimum Gasteiger partial charge on any atom is -0.370 e. The zero-order chi connectivity index (χ0) is 12.1. The van der Waals surface area contributed by atoms with Crippen LogP contribution in [0.25, 0.3) is 0 Å². The molecule has 17 heavy (non-hydrogen) atoms. The van der Waals surface area contributed by atoms with Crippen LogP contribution in [-0.2, 0) is 9.53 Å². The first-order chi connectivity index (χ1) is 7.58. The van der Waals surface area contributed by atoms with E-state index in [0.717, 1.165) is 15.7 Å². The third kappa shape index (κ3) is 4.63. The molecule has 0 bridgehead atoms. The fourth-order valence-electron chi connectivity index (χ4n) is 1.26. The Morgan fingerprint density at radius 3 is 2.71 bits per heavy atom. The van der Waals surface area contributed by atoms with Gasteiger partial charge >= 0.3 is 0 Å². The summed E-state index contributed by atoms with van der Waals surface area (Å²) in [6, 6.07) is 5.58. The molecular weight excluding hydrogens is 307 g/mol. The van der Waals surface area contributed by atoms with Crippen molar-refractivity contribution >= 4 is 39.9 Å². The summed E-state index contributed by atoms with van der Waals surface area (Å²) in [6.07, 6.45) is -0.607. The molecule has 4 nitrogen and oxygen atoms in total. The van der Waals surface area contributed by atoms with E-state index in [0.29, 0.717) is 0 Å². The third-order valence-electron chi connectivity index (χ3n) is 2.22. The smallest absolute Gasteiger partial charge is 0.254 e. The van der Waals surface area contributed by atoms with E-state index in [9.17, 15) is 4.79 Å². The van der Waals surface area contributed by atoms with Crippen molar-refractivity contribution in [2.24, 2.45) is 5.73 Å². The number of ether oxygens (including phenoxy) is 1. The second kappa shape index (κ2) is 7.66.